The van der Waals surface area contributed by atoms with Crippen LogP contribution in [0.2, 0.25) is 0 Å². The largest absolute Gasteiger partial charge is 0.353 e. The highest BCUT2D eigenvalue weighted by Gasteiger charge is 2.25. The van der Waals surface area contributed by atoms with E-state index < -0.39 is 0 Å². The molecule has 1 aliphatic carbocycles. The topological polar surface area (TPSA) is 78.6 Å². The summed E-state index contributed by atoms with van der Waals surface area (Å²) in [6.45, 7) is 8.53. The number of carbonyl (C=O) groups excluding carboxylic acids is 1. The Balaban J connectivity index is 1.36. The third kappa shape index (κ3) is 4.21. The van der Waals surface area contributed by atoms with E-state index in [1.165, 1.54) is 12.8 Å². The van der Waals surface area contributed by atoms with Crippen LogP contribution in [0, 0.1) is 0 Å². The van der Waals surface area contributed by atoms with Crippen LogP contribution < -0.4 is 4.90 Å². The van der Waals surface area contributed by atoms with Crippen LogP contribution in [0.5, 0.6) is 0 Å². The number of carbonyl (C=O) groups is 1. The van der Waals surface area contributed by atoms with Gasteiger partial charge in [0.1, 0.15) is 5.82 Å². The number of piperazine rings is 1. The normalized spacial score (nSPS) is 17.7. The number of hydrogen-bond acceptors (Lipinski definition) is 6. The zero-order chi connectivity index (χ0) is 20.2. The van der Waals surface area contributed by atoms with Crippen molar-refractivity contribution in [3.63, 3.8) is 0 Å². The lowest BCUT2D eigenvalue weighted by molar-refractivity contribution is 0.154. The van der Waals surface area contributed by atoms with Gasteiger partial charge in [0.05, 0.1) is 0 Å². The Morgan fingerprint density at radius 1 is 1.14 bits per heavy atom. The van der Waals surface area contributed by atoms with Crippen molar-refractivity contribution in [2.45, 2.75) is 45.4 Å². The van der Waals surface area contributed by atoms with Gasteiger partial charge in [-0.1, -0.05) is 18.0 Å². The Bertz CT molecular complexity index is 803. The highest BCUT2D eigenvalue weighted by Crippen LogP contribution is 2.33. The predicted octanol–water partition coefficient (Wildman–Crippen LogP) is 3.37. The quantitative estimate of drug-likeness (QED) is 0.768. The minimum Gasteiger partial charge on any atom is -0.353 e. The van der Waals surface area contributed by atoms with Crippen molar-refractivity contribution < 1.29 is 9.32 Å². The fraction of sp³-hybridized carbons (Fsp3) is 0.619. The lowest BCUT2D eigenvalue weighted by Crippen LogP contribution is -2.53. The van der Waals surface area contributed by atoms with Crippen LogP contribution in [0.4, 0.5) is 10.6 Å². The summed E-state index contributed by atoms with van der Waals surface area (Å²) >= 11 is 0. The summed E-state index contributed by atoms with van der Waals surface area (Å²) in [5.41, 5.74) is 0.872. The summed E-state index contributed by atoms with van der Waals surface area (Å²) in [6.07, 6.45) is 6.58. The molecule has 0 bridgehead atoms. The number of rotatable bonds is 5. The first kappa shape index (κ1) is 19.7. The van der Waals surface area contributed by atoms with Crippen LogP contribution in [0.1, 0.15) is 51.3 Å². The minimum absolute atomic E-state index is 0.133. The standard InChI is InChI=1S/C21H30N6O2/c1-3-25(4-2)21(28)27-13-11-26(12-14-27)18-10-9-17(15-22-18)19-23-20(29-24-19)16-7-5-6-8-16/h9-10,15-16H,3-8,11-14H2,1-2H3. The maximum atomic E-state index is 12.5. The third-order valence-electron chi connectivity index (χ3n) is 6.06. The van der Waals surface area contributed by atoms with E-state index in [2.05, 4.69) is 20.0 Å². The second-order valence-corrected chi connectivity index (χ2v) is 7.77. The lowest BCUT2D eigenvalue weighted by atomic mass is 10.1. The number of hydrogen-bond donors (Lipinski definition) is 0. The van der Waals surface area contributed by atoms with Gasteiger partial charge in [-0.25, -0.2) is 9.78 Å². The Morgan fingerprint density at radius 3 is 2.48 bits per heavy atom. The van der Waals surface area contributed by atoms with Gasteiger partial charge in [0.15, 0.2) is 0 Å². The SMILES string of the molecule is CCN(CC)C(=O)N1CCN(c2ccc(-c3noc(C4CCCC4)n3)cn2)CC1. The zero-order valence-corrected chi connectivity index (χ0v) is 17.4. The molecule has 8 nitrogen and oxygen atoms in total. The van der Waals surface area contributed by atoms with Crippen molar-refractivity contribution in [3.8, 4) is 11.4 Å². The van der Waals surface area contributed by atoms with Crippen molar-refractivity contribution in [2.24, 2.45) is 0 Å². The Kier molecular flexibility index (Phi) is 5.97. The van der Waals surface area contributed by atoms with E-state index in [4.69, 9.17) is 4.52 Å². The van der Waals surface area contributed by atoms with Crippen molar-refractivity contribution in [2.75, 3.05) is 44.2 Å². The highest BCUT2D eigenvalue weighted by molar-refractivity contribution is 5.74. The third-order valence-corrected chi connectivity index (χ3v) is 6.06. The van der Waals surface area contributed by atoms with Gasteiger partial charge >= 0.3 is 6.03 Å². The molecule has 1 aliphatic heterocycles. The fourth-order valence-electron chi connectivity index (χ4n) is 4.22. The Morgan fingerprint density at radius 2 is 1.86 bits per heavy atom. The molecule has 2 aromatic heterocycles. The summed E-state index contributed by atoms with van der Waals surface area (Å²) < 4.78 is 5.48. The molecule has 0 spiro atoms. The molecule has 0 aromatic carbocycles. The van der Waals surface area contributed by atoms with Gasteiger partial charge in [-0.2, -0.15) is 4.98 Å². The molecule has 0 unspecified atom stereocenters. The first-order valence-corrected chi connectivity index (χ1v) is 10.8. The summed E-state index contributed by atoms with van der Waals surface area (Å²) in [5, 5.41) is 4.15. The van der Waals surface area contributed by atoms with Crippen molar-refractivity contribution in [1.29, 1.82) is 0 Å². The van der Waals surface area contributed by atoms with E-state index in [0.29, 0.717) is 24.8 Å². The fourth-order valence-corrected chi connectivity index (χ4v) is 4.22. The summed E-state index contributed by atoms with van der Waals surface area (Å²) in [5.74, 6) is 2.71. The number of nitrogens with zero attached hydrogens (tertiary/aromatic N) is 6. The number of anilines is 1. The van der Waals surface area contributed by atoms with Crippen LogP contribution in [0.25, 0.3) is 11.4 Å². The molecular weight excluding hydrogens is 368 g/mol. The maximum Gasteiger partial charge on any atom is 0.320 e. The van der Waals surface area contributed by atoms with Gasteiger partial charge in [-0.3, -0.25) is 0 Å². The molecule has 1 saturated carbocycles. The summed E-state index contributed by atoms with van der Waals surface area (Å²) in [6, 6.07) is 4.13. The highest BCUT2D eigenvalue weighted by atomic mass is 16.5. The predicted molar refractivity (Wildman–Crippen MR) is 111 cm³/mol. The second-order valence-electron chi connectivity index (χ2n) is 7.77. The number of aromatic nitrogens is 3. The minimum atomic E-state index is 0.133. The first-order valence-electron chi connectivity index (χ1n) is 10.8. The molecule has 2 amide bonds. The summed E-state index contributed by atoms with van der Waals surface area (Å²) in [4.78, 5) is 27.7. The Labute approximate surface area is 171 Å². The van der Waals surface area contributed by atoms with E-state index in [0.717, 1.165) is 56.3 Å². The smallest absolute Gasteiger partial charge is 0.320 e. The van der Waals surface area contributed by atoms with Gasteiger partial charge in [0.2, 0.25) is 11.7 Å². The average Bonchev–Trinajstić information content (AvgIpc) is 3.47. The number of amides is 2. The van der Waals surface area contributed by atoms with E-state index in [1.54, 1.807) is 0 Å². The van der Waals surface area contributed by atoms with E-state index in [9.17, 15) is 4.79 Å². The molecule has 0 N–H and O–H groups in total. The van der Waals surface area contributed by atoms with Gasteiger partial charge < -0.3 is 19.2 Å². The average molecular weight is 399 g/mol. The Hall–Kier alpha value is -2.64. The molecule has 0 radical (unpaired) electrons. The molecule has 3 heterocycles. The van der Waals surface area contributed by atoms with Crippen molar-refractivity contribution in [3.05, 3.63) is 24.2 Å². The zero-order valence-electron chi connectivity index (χ0n) is 17.4. The van der Waals surface area contributed by atoms with Crippen molar-refractivity contribution >= 4 is 11.8 Å². The molecule has 4 rings (SSSR count). The number of urea groups is 1. The van der Waals surface area contributed by atoms with Gasteiger partial charge in [0.25, 0.3) is 0 Å². The van der Waals surface area contributed by atoms with Crippen LogP contribution >= 0.6 is 0 Å². The number of pyridine rings is 1. The molecule has 0 atom stereocenters. The second kappa shape index (κ2) is 8.80. The molecule has 156 valence electrons. The molecule has 8 heteroatoms. The monoisotopic (exact) mass is 398 g/mol. The van der Waals surface area contributed by atoms with Crippen LogP contribution in [0.3, 0.4) is 0 Å². The van der Waals surface area contributed by atoms with Gasteiger partial charge in [-0.15, -0.1) is 0 Å². The molecule has 1 saturated heterocycles. The molecule has 2 aliphatic rings. The maximum absolute atomic E-state index is 12.5. The van der Waals surface area contributed by atoms with Crippen LogP contribution in [0.15, 0.2) is 22.9 Å². The van der Waals surface area contributed by atoms with Crippen LogP contribution in [-0.2, 0) is 0 Å². The van der Waals surface area contributed by atoms with Gasteiger partial charge in [0, 0.05) is 56.9 Å². The van der Waals surface area contributed by atoms with Crippen LogP contribution in [-0.4, -0.2) is 70.2 Å². The molecular formula is C21H30N6O2. The van der Waals surface area contributed by atoms with E-state index in [1.807, 2.05) is 42.0 Å². The molecule has 2 aromatic rings. The lowest BCUT2D eigenvalue weighted by Gasteiger charge is -2.37. The van der Waals surface area contributed by atoms with E-state index >= 15 is 0 Å². The van der Waals surface area contributed by atoms with Gasteiger partial charge in [-0.05, 0) is 38.8 Å². The molecule has 2 fully saturated rings. The first-order chi connectivity index (χ1) is 14.2. The van der Waals surface area contributed by atoms with E-state index in [-0.39, 0.29) is 6.03 Å². The van der Waals surface area contributed by atoms with Crippen molar-refractivity contribution in [1.82, 2.24) is 24.9 Å². The summed E-state index contributed by atoms with van der Waals surface area (Å²) in [7, 11) is 0. The molecule has 29 heavy (non-hydrogen) atoms.